The number of nitrogens with one attached hydrogen (secondary N) is 1. The Labute approximate surface area is 226 Å². The standard InChI is InChI=1S/C34H38N2O2/c1-23(2)38-34(37)30-22-28-27-20-12-13-21-29(27)35-31(28)33(26-18-10-5-11-19-26)36(30)32(24-14-6-3-7-15-24)25-16-8-4-9-17-25/h3-4,6-9,12-17,20-21,23,26,30,32-33,35H,5,10-11,18-19,22H2,1-2H3/t30-,33+/m1/s1. The Morgan fingerprint density at radius 3 is 2.08 bits per heavy atom. The fraction of sp³-hybridized carbons (Fsp3) is 0.382. The Bertz CT molecular complexity index is 1330. The highest BCUT2D eigenvalue weighted by molar-refractivity contribution is 5.87. The molecular formula is C34H38N2O2. The first-order valence-electron chi connectivity index (χ1n) is 14.3. The summed E-state index contributed by atoms with van der Waals surface area (Å²) in [6, 6.07) is 29.7. The maximum absolute atomic E-state index is 14.0. The van der Waals surface area contributed by atoms with Crippen molar-refractivity contribution in [3.8, 4) is 0 Å². The number of esters is 1. The van der Waals surface area contributed by atoms with Crippen LogP contribution in [0.5, 0.6) is 0 Å². The predicted octanol–water partition coefficient (Wildman–Crippen LogP) is 7.76. The van der Waals surface area contributed by atoms with E-state index in [1.165, 1.54) is 59.9 Å². The number of para-hydroxylation sites is 1. The summed E-state index contributed by atoms with van der Waals surface area (Å²) in [5.41, 5.74) is 6.16. The van der Waals surface area contributed by atoms with Crippen LogP contribution in [0, 0.1) is 5.92 Å². The van der Waals surface area contributed by atoms with Gasteiger partial charge in [-0.1, -0.05) is 98.1 Å². The largest absolute Gasteiger partial charge is 0.462 e. The molecule has 0 spiro atoms. The van der Waals surface area contributed by atoms with E-state index in [0.29, 0.717) is 12.3 Å². The third-order valence-corrected chi connectivity index (χ3v) is 8.47. The predicted molar refractivity (Wildman–Crippen MR) is 153 cm³/mol. The van der Waals surface area contributed by atoms with E-state index in [4.69, 9.17) is 4.74 Å². The second kappa shape index (κ2) is 10.8. The lowest BCUT2D eigenvalue weighted by Crippen LogP contribution is -2.53. The Morgan fingerprint density at radius 1 is 0.842 bits per heavy atom. The minimum Gasteiger partial charge on any atom is -0.462 e. The van der Waals surface area contributed by atoms with Crippen molar-refractivity contribution in [3.63, 3.8) is 0 Å². The molecule has 1 aliphatic heterocycles. The third kappa shape index (κ3) is 4.67. The molecule has 1 fully saturated rings. The molecule has 0 radical (unpaired) electrons. The van der Waals surface area contributed by atoms with Gasteiger partial charge in [0.2, 0.25) is 0 Å². The second-order valence-corrected chi connectivity index (χ2v) is 11.3. The summed E-state index contributed by atoms with van der Waals surface area (Å²) in [7, 11) is 0. The topological polar surface area (TPSA) is 45.3 Å². The molecule has 196 valence electrons. The molecule has 6 rings (SSSR count). The third-order valence-electron chi connectivity index (χ3n) is 8.47. The zero-order valence-corrected chi connectivity index (χ0v) is 22.5. The van der Waals surface area contributed by atoms with Crippen molar-refractivity contribution in [2.75, 3.05) is 0 Å². The van der Waals surface area contributed by atoms with E-state index >= 15 is 0 Å². The number of nitrogens with zero attached hydrogens (tertiary/aromatic N) is 1. The number of hydrogen-bond acceptors (Lipinski definition) is 3. The Hall–Kier alpha value is -3.37. The number of ether oxygens (including phenoxy) is 1. The summed E-state index contributed by atoms with van der Waals surface area (Å²) >= 11 is 0. The van der Waals surface area contributed by atoms with Crippen LogP contribution in [0.2, 0.25) is 0 Å². The number of aromatic amines is 1. The van der Waals surface area contributed by atoms with Gasteiger partial charge >= 0.3 is 5.97 Å². The molecule has 4 aromatic rings. The molecule has 0 unspecified atom stereocenters. The van der Waals surface area contributed by atoms with E-state index in [9.17, 15) is 4.79 Å². The van der Waals surface area contributed by atoms with Gasteiger partial charge in [-0.15, -0.1) is 0 Å². The highest BCUT2D eigenvalue weighted by Crippen LogP contribution is 2.50. The highest BCUT2D eigenvalue weighted by Gasteiger charge is 2.47. The Kier molecular flexibility index (Phi) is 7.08. The van der Waals surface area contributed by atoms with Gasteiger partial charge in [0.05, 0.1) is 18.2 Å². The lowest BCUT2D eigenvalue weighted by Gasteiger charge is -2.49. The van der Waals surface area contributed by atoms with Crippen LogP contribution >= 0.6 is 0 Å². The number of carbonyl (C=O) groups excluding carboxylic acids is 1. The van der Waals surface area contributed by atoms with Crippen LogP contribution < -0.4 is 0 Å². The van der Waals surface area contributed by atoms with Gasteiger partial charge in [0.25, 0.3) is 0 Å². The average molecular weight is 507 g/mol. The van der Waals surface area contributed by atoms with Crippen LogP contribution in [-0.2, 0) is 16.0 Å². The summed E-state index contributed by atoms with van der Waals surface area (Å²) in [5, 5.41) is 1.24. The van der Waals surface area contributed by atoms with Crippen molar-refractivity contribution in [2.45, 2.75) is 76.6 Å². The van der Waals surface area contributed by atoms with Crippen LogP contribution in [0.15, 0.2) is 84.9 Å². The smallest absolute Gasteiger partial charge is 0.324 e. The molecule has 1 N–H and O–H groups in total. The number of rotatable bonds is 6. The lowest BCUT2D eigenvalue weighted by molar-refractivity contribution is -0.157. The average Bonchev–Trinajstić information content (AvgIpc) is 3.32. The lowest BCUT2D eigenvalue weighted by atomic mass is 9.76. The van der Waals surface area contributed by atoms with Crippen molar-refractivity contribution in [2.24, 2.45) is 5.92 Å². The summed E-state index contributed by atoms with van der Waals surface area (Å²) in [6.45, 7) is 3.90. The van der Waals surface area contributed by atoms with Gasteiger partial charge in [-0.2, -0.15) is 0 Å². The van der Waals surface area contributed by atoms with Crippen LogP contribution in [0.1, 0.15) is 80.4 Å². The highest BCUT2D eigenvalue weighted by atomic mass is 16.5. The number of H-pyrrole nitrogens is 1. The molecule has 1 aromatic heterocycles. The molecule has 2 heterocycles. The molecule has 2 atom stereocenters. The zero-order valence-electron chi connectivity index (χ0n) is 22.5. The number of carbonyl (C=O) groups is 1. The maximum Gasteiger partial charge on any atom is 0.324 e. The monoisotopic (exact) mass is 506 g/mol. The summed E-state index contributed by atoms with van der Waals surface area (Å²) in [5.74, 6) is 0.355. The van der Waals surface area contributed by atoms with Gasteiger partial charge in [-0.05, 0) is 55.4 Å². The van der Waals surface area contributed by atoms with Gasteiger partial charge in [0.1, 0.15) is 6.04 Å². The molecule has 0 saturated heterocycles. The number of hydrogen-bond donors (Lipinski definition) is 1. The molecule has 4 heteroatoms. The van der Waals surface area contributed by atoms with E-state index in [1.807, 2.05) is 13.8 Å². The molecular weight excluding hydrogens is 468 g/mol. The molecule has 4 nitrogen and oxygen atoms in total. The van der Waals surface area contributed by atoms with Gasteiger partial charge in [0.15, 0.2) is 0 Å². The molecule has 0 bridgehead atoms. The van der Waals surface area contributed by atoms with E-state index in [0.717, 1.165) is 5.52 Å². The van der Waals surface area contributed by atoms with E-state index in [1.54, 1.807) is 0 Å². The van der Waals surface area contributed by atoms with Crippen molar-refractivity contribution in [1.29, 1.82) is 0 Å². The SMILES string of the molecule is CC(C)OC(=O)[C@H]1Cc2c([nH]c3ccccc23)[C@H](C2CCCCC2)N1C(c1ccccc1)c1ccccc1. The van der Waals surface area contributed by atoms with Crippen molar-refractivity contribution in [3.05, 3.63) is 107 Å². The van der Waals surface area contributed by atoms with Crippen molar-refractivity contribution < 1.29 is 9.53 Å². The quantitative estimate of drug-likeness (QED) is 0.272. The molecule has 0 amide bonds. The van der Waals surface area contributed by atoms with Crippen molar-refractivity contribution >= 4 is 16.9 Å². The molecule has 2 aliphatic rings. The molecule has 3 aromatic carbocycles. The van der Waals surface area contributed by atoms with E-state index in [-0.39, 0.29) is 30.2 Å². The first kappa shape index (κ1) is 24.9. The summed E-state index contributed by atoms with van der Waals surface area (Å²) < 4.78 is 5.99. The molecule has 1 aliphatic carbocycles. The first-order valence-corrected chi connectivity index (χ1v) is 14.3. The van der Waals surface area contributed by atoms with Gasteiger partial charge in [-0.25, -0.2) is 0 Å². The normalized spacial score (nSPS) is 20.6. The van der Waals surface area contributed by atoms with Crippen LogP contribution in [-0.4, -0.2) is 28.0 Å². The van der Waals surface area contributed by atoms with E-state index < -0.39 is 0 Å². The fourth-order valence-electron chi connectivity index (χ4n) is 6.93. The fourth-order valence-corrected chi connectivity index (χ4v) is 6.93. The Balaban J connectivity index is 1.59. The number of benzene rings is 3. The molecule has 38 heavy (non-hydrogen) atoms. The Morgan fingerprint density at radius 2 is 1.45 bits per heavy atom. The van der Waals surface area contributed by atoms with E-state index in [2.05, 4.69) is 94.8 Å². The van der Waals surface area contributed by atoms with Crippen LogP contribution in [0.4, 0.5) is 0 Å². The molecule has 1 saturated carbocycles. The first-order chi connectivity index (χ1) is 18.6. The van der Waals surface area contributed by atoms with Crippen LogP contribution in [0.25, 0.3) is 10.9 Å². The van der Waals surface area contributed by atoms with Gasteiger partial charge in [0, 0.05) is 23.0 Å². The van der Waals surface area contributed by atoms with Gasteiger partial charge in [-0.3, -0.25) is 9.69 Å². The number of aromatic nitrogens is 1. The van der Waals surface area contributed by atoms with Crippen LogP contribution in [0.3, 0.4) is 0 Å². The minimum atomic E-state index is -0.374. The second-order valence-electron chi connectivity index (χ2n) is 11.3. The minimum absolute atomic E-state index is 0.0615. The van der Waals surface area contributed by atoms with Gasteiger partial charge < -0.3 is 9.72 Å². The summed E-state index contributed by atoms with van der Waals surface area (Å²) in [4.78, 5) is 20.4. The van der Waals surface area contributed by atoms with Crippen molar-refractivity contribution in [1.82, 2.24) is 9.88 Å². The summed E-state index contributed by atoms with van der Waals surface area (Å²) in [6.07, 6.45) is 6.62. The number of fused-ring (bicyclic) bond motifs is 3. The zero-order chi connectivity index (χ0) is 26.1. The maximum atomic E-state index is 14.0.